The summed E-state index contributed by atoms with van der Waals surface area (Å²) in [6.45, 7) is 5.18. The fourth-order valence-corrected chi connectivity index (χ4v) is 2.76. The van der Waals surface area contributed by atoms with Crippen LogP contribution in [0.5, 0.6) is 0 Å². The van der Waals surface area contributed by atoms with Crippen molar-refractivity contribution < 1.29 is 14.3 Å². The van der Waals surface area contributed by atoms with E-state index in [0.717, 1.165) is 30.5 Å². The molecular formula is C15H21N5O3. The lowest BCUT2D eigenvalue weighted by molar-refractivity contribution is -0.0415. The van der Waals surface area contributed by atoms with Gasteiger partial charge in [0.1, 0.15) is 12.7 Å². The van der Waals surface area contributed by atoms with Crippen LogP contribution in [0.3, 0.4) is 0 Å². The van der Waals surface area contributed by atoms with Crippen molar-refractivity contribution in [1.82, 2.24) is 24.5 Å². The van der Waals surface area contributed by atoms with Crippen LogP contribution < -0.4 is 0 Å². The van der Waals surface area contributed by atoms with Crippen LogP contribution in [0, 0.1) is 6.92 Å². The maximum atomic E-state index is 12.1. The molecule has 1 atom stereocenters. The number of hydrogen-bond acceptors (Lipinski definition) is 6. The molecule has 1 aliphatic rings. The van der Waals surface area contributed by atoms with Crippen molar-refractivity contribution in [1.29, 1.82) is 0 Å². The highest BCUT2D eigenvalue weighted by atomic mass is 16.5. The number of carbonyl (C=O) groups is 1. The highest BCUT2D eigenvalue weighted by Gasteiger charge is 2.26. The zero-order chi connectivity index (χ0) is 16.2. The molecule has 0 amide bonds. The quantitative estimate of drug-likeness (QED) is 0.780. The Morgan fingerprint density at radius 2 is 2.35 bits per heavy atom. The van der Waals surface area contributed by atoms with Gasteiger partial charge in [0.25, 0.3) is 0 Å². The molecule has 0 aliphatic carbocycles. The Balaban J connectivity index is 1.97. The van der Waals surface area contributed by atoms with Gasteiger partial charge in [-0.25, -0.2) is 19.1 Å². The van der Waals surface area contributed by atoms with Gasteiger partial charge in [-0.2, -0.15) is 10.2 Å². The first kappa shape index (κ1) is 15.7. The van der Waals surface area contributed by atoms with Crippen LogP contribution in [0.1, 0.15) is 54.2 Å². The van der Waals surface area contributed by atoms with Crippen molar-refractivity contribution >= 4 is 5.97 Å². The summed E-state index contributed by atoms with van der Waals surface area (Å²) < 4.78 is 14.5. The Morgan fingerprint density at radius 3 is 3.00 bits per heavy atom. The van der Waals surface area contributed by atoms with Gasteiger partial charge in [0.15, 0.2) is 11.9 Å². The third-order valence-corrected chi connectivity index (χ3v) is 3.95. The summed E-state index contributed by atoms with van der Waals surface area (Å²) in [4.78, 5) is 16.1. The Labute approximate surface area is 134 Å². The third-order valence-electron chi connectivity index (χ3n) is 3.95. The van der Waals surface area contributed by atoms with E-state index in [1.54, 1.807) is 17.9 Å². The van der Waals surface area contributed by atoms with Crippen molar-refractivity contribution in [3.05, 3.63) is 29.6 Å². The van der Waals surface area contributed by atoms with E-state index in [0.29, 0.717) is 25.5 Å². The first-order chi connectivity index (χ1) is 11.2. The van der Waals surface area contributed by atoms with E-state index >= 15 is 0 Å². The van der Waals surface area contributed by atoms with Crippen LogP contribution in [0.25, 0.3) is 0 Å². The van der Waals surface area contributed by atoms with Crippen molar-refractivity contribution in [2.24, 2.45) is 0 Å². The first-order valence-corrected chi connectivity index (χ1v) is 7.89. The topological polar surface area (TPSA) is 84.1 Å². The molecule has 8 nitrogen and oxygen atoms in total. The average molecular weight is 319 g/mol. The SMILES string of the molecule is CCOC(=O)c1nn(C2CCCCO2)c(Cn2cncn2)c1C. The number of esters is 1. The molecule has 0 saturated carbocycles. The molecule has 8 heteroatoms. The van der Waals surface area contributed by atoms with Gasteiger partial charge in [0, 0.05) is 12.2 Å². The van der Waals surface area contributed by atoms with Gasteiger partial charge in [-0.15, -0.1) is 0 Å². The highest BCUT2D eigenvalue weighted by molar-refractivity contribution is 5.89. The maximum absolute atomic E-state index is 12.1. The molecule has 0 spiro atoms. The van der Waals surface area contributed by atoms with E-state index in [9.17, 15) is 4.79 Å². The molecule has 0 aromatic carbocycles. The summed E-state index contributed by atoms with van der Waals surface area (Å²) in [6, 6.07) is 0. The van der Waals surface area contributed by atoms with E-state index in [1.807, 2.05) is 11.6 Å². The van der Waals surface area contributed by atoms with Gasteiger partial charge in [-0.1, -0.05) is 0 Å². The fraction of sp³-hybridized carbons (Fsp3) is 0.600. The number of ether oxygens (including phenoxy) is 2. The highest BCUT2D eigenvalue weighted by Crippen LogP contribution is 2.27. The Kier molecular flexibility index (Phi) is 4.71. The molecule has 0 N–H and O–H groups in total. The Bertz CT molecular complexity index is 659. The first-order valence-electron chi connectivity index (χ1n) is 7.89. The molecule has 0 radical (unpaired) electrons. The summed E-state index contributed by atoms with van der Waals surface area (Å²) in [5.41, 5.74) is 2.04. The van der Waals surface area contributed by atoms with Crippen molar-refractivity contribution in [2.75, 3.05) is 13.2 Å². The van der Waals surface area contributed by atoms with E-state index in [-0.39, 0.29) is 6.23 Å². The predicted molar refractivity (Wildman–Crippen MR) is 80.9 cm³/mol. The molecule has 23 heavy (non-hydrogen) atoms. The molecule has 1 unspecified atom stereocenters. The smallest absolute Gasteiger partial charge is 0.359 e. The number of aromatic nitrogens is 5. The van der Waals surface area contributed by atoms with Crippen LogP contribution in [0.15, 0.2) is 12.7 Å². The standard InChI is InChI=1S/C15H21N5O3/c1-3-22-15(21)14-11(2)12(8-19-10-16-9-17-19)20(18-14)13-6-4-5-7-23-13/h9-10,13H,3-8H2,1-2H3. The molecule has 1 fully saturated rings. The molecular weight excluding hydrogens is 298 g/mol. The molecule has 2 aromatic heterocycles. The van der Waals surface area contributed by atoms with E-state index < -0.39 is 5.97 Å². The van der Waals surface area contributed by atoms with Crippen LogP contribution in [0.2, 0.25) is 0 Å². The van der Waals surface area contributed by atoms with Crippen LogP contribution in [-0.2, 0) is 16.0 Å². The Hall–Kier alpha value is -2.22. The summed E-state index contributed by atoms with van der Waals surface area (Å²) in [7, 11) is 0. The van der Waals surface area contributed by atoms with Crippen molar-refractivity contribution in [3.8, 4) is 0 Å². The second kappa shape index (κ2) is 6.91. The molecule has 1 aliphatic heterocycles. The predicted octanol–water partition coefficient (Wildman–Crippen LogP) is 1.71. The van der Waals surface area contributed by atoms with E-state index in [4.69, 9.17) is 9.47 Å². The van der Waals surface area contributed by atoms with Gasteiger partial charge in [-0.05, 0) is 33.1 Å². The minimum absolute atomic E-state index is 0.149. The zero-order valence-corrected chi connectivity index (χ0v) is 13.4. The molecule has 3 heterocycles. The number of hydrogen-bond donors (Lipinski definition) is 0. The third kappa shape index (κ3) is 3.26. The van der Waals surface area contributed by atoms with Gasteiger partial charge in [0.05, 0.1) is 18.8 Å². The number of rotatable bonds is 5. The summed E-state index contributed by atoms with van der Waals surface area (Å²) >= 11 is 0. The lowest BCUT2D eigenvalue weighted by atomic mass is 10.1. The Morgan fingerprint density at radius 1 is 1.48 bits per heavy atom. The monoisotopic (exact) mass is 319 g/mol. The zero-order valence-electron chi connectivity index (χ0n) is 13.4. The normalized spacial score (nSPS) is 18.1. The fourth-order valence-electron chi connectivity index (χ4n) is 2.76. The van der Waals surface area contributed by atoms with Gasteiger partial charge in [0.2, 0.25) is 0 Å². The maximum Gasteiger partial charge on any atom is 0.359 e. The number of carbonyl (C=O) groups excluding carboxylic acids is 1. The molecule has 1 saturated heterocycles. The average Bonchev–Trinajstić information content (AvgIpc) is 3.18. The number of nitrogens with zero attached hydrogens (tertiary/aromatic N) is 5. The molecule has 0 bridgehead atoms. The van der Waals surface area contributed by atoms with Crippen LogP contribution in [0.4, 0.5) is 0 Å². The van der Waals surface area contributed by atoms with Crippen LogP contribution in [-0.4, -0.2) is 43.7 Å². The minimum atomic E-state index is -0.403. The lowest BCUT2D eigenvalue weighted by Crippen LogP contribution is -2.22. The summed E-state index contributed by atoms with van der Waals surface area (Å²) in [5, 5.41) is 8.62. The molecule has 124 valence electrons. The second-order valence-corrected chi connectivity index (χ2v) is 5.50. The van der Waals surface area contributed by atoms with Crippen molar-refractivity contribution in [2.45, 2.75) is 45.9 Å². The van der Waals surface area contributed by atoms with E-state index in [1.165, 1.54) is 6.33 Å². The van der Waals surface area contributed by atoms with Gasteiger partial charge >= 0.3 is 5.97 Å². The minimum Gasteiger partial charge on any atom is -0.461 e. The second-order valence-electron chi connectivity index (χ2n) is 5.50. The van der Waals surface area contributed by atoms with Crippen molar-refractivity contribution in [3.63, 3.8) is 0 Å². The largest absolute Gasteiger partial charge is 0.461 e. The molecule has 3 rings (SSSR count). The van der Waals surface area contributed by atoms with Gasteiger partial charge in [-0.3, -0.25) is 0 Å². The van der Waals surface area contributed by atoms with Gasteiger partial charge < -0.3 is 9.47 Å². The summed E-state index contributed by atoms with van der Waals surface area (Å²) in [6.07, 6.45) is 6.00. The summed E-state index contributed by atoms with van der Waals surface area (Å²) in [5.74, 6) is -0.403. The molecule has 2 aromatic rings. The van der Waals surface area contributed by atoms with Crippen LogP contribution >= 0.6 is 0 Å². The lowest BCUT2D eigenvalue weighted by Gasteiger charge is -2.24. The van der Waals surface area contributed by atoms with E-state index in [2.05, 4.69) is 15.2 Å².